The summed E-state index contributed by atoms with van der Waals surface area (Å²) in [6.07, 6.45) is 7.63. The smallest absolute Gasteiger partial charge is 0.236 e. The van der Waals surface area contributed by atoms with Crippen LogP contribution in [0, 0.1) is 0 Å². The minimum Gasteiger partial charge on any atom is -0.339 e. The second-order valence-electron chi connectivity index (χ2n) is 6.64. The van der Waals surface area contributed by atoms with Crippen LogP contribution >= 0.6 is 23.4 Å². The molecule has 1 fully saturated rings. The summed E-state index contributed by atoms with van der Waals surface area (Å²) in [5.74, 6) is 0.185. The molecule has 0 aliphatic heterocycles. The summed E-state index contributed by atoms with van der Waals surface area (Å²) in [5.41, 5.74) is 0.893. The molecule has 1 saturated carbocycles. The Morgan fingerprint density at radius 1 is 1.38 bits per heavy atom. The van der Waals surface area contributed by atoms with Gasteiger partial charge >= 0.3 is 0 Å². The van der Waals surface area contributed by atoms with Crippen LogP contribution in [0.5, 0.6) is 0 Å². The van der Waals surface area contributed by atoms with E-state index in [0.717, 1.165) is 25.1 Å². The molecule has 1 aliphatic rings. The maximum Gasteiger partial charge on any atom is 0.236 e. The topological polar surface area (TPSA) is 51.0 Å². The molecule has 1 aromatic heterocycles. The molecule has 1 unspecified atom stereocenters. The largest absolute Gasteiger partial charge is 0.339 e. The second-order valence-corrected chi connectivity index (χ2v) is 8.38. The van der Waals surface area contributed by atoms with E-state index in [1.54, 1.807) is 6.33 Å². The molecule has 1 heterocycles. The van der Waals surface area contributed by atoms with Crippen molar-refractivity contribution in [1.82, 2.24) is 19.7 Å². The molecule has 0 N–H and O–H groups in total. The van der Waals surface area contributed by atoms with E-state index in [1.807, 2.05) is 35.8 Å². The Bertz CT molecular complexity index is 745. The van der Waals surface area contributed by atoms with E-state index in [-0.39, 0.29) is 11.2 Å². The average molecular weight is 393 g/mol. The van der Waals surface area contributed by atoms with Gasteiger partial charge in [0.1, 0.15) is 6.33 Å². The molecular formula is C19H25ClN4OS. The lowest BCUT2D eigenvalue weighted by atomic mass is 9.94. The Balaban J connectivity index is 1.72. The fraction of sp³-hybridized carbons (Fsp3) is 0.526. The molecular weight excluding hydrogens is 368 g/mol. The third kappa shape index (κ3) is 4.41. The zero-order valence-corrected chi connectivity index (χ0v) is 16.8. The Morgan fingerprint density at radius 3 is 2.85 bits per heavy atom. The Labute approximate surface area is 164 Å². The third-order valence-electron chi connectivity index (χ3n) is 4.87. The van der Waals surface area contributed by atoms with E-state index >= 15 is 0 Å². The summed E-state index contributed by atoms with van der Waals surface area (Å²) < 4.78 is 1.87. The van der Waals surface area contributed by atoms with Gasteiger partial charge in [-0.1, -0.05) is 48.7 Å². The summed E-state index contributed by atoms with van der Waals surface area (Å²) >= 11 is 7.54. The van der Waals surface area contributed by atoms with E-state index in [4.69, 9.17) is 11.6 Å². The summed E-state index contributed by atoms with van der Waals surface area (Å²) in [5, 5.41) is 9.37. The molecule has 26 heavy (non-hydrogen) atoms. The van der Waals surface area contributed by atoms with Crippen LogP contribution in [0.4, 0.5) is 0 Å². The van der Waals surface area contributed by atoms with Gasteiger partial charge in [0, 0.05) is 17.6 Å². The van der Waals surface area contributed by atoms with E-state index in [1.165, 1.54) is 31.0 Å². The van der Waals surface area contributed by atoms with Crippen molar-refractivity contribution in [3.05, 3.63) is 35.6 Å². The van der Waals surface area contributed by atoms with Gasteiger partial charge in [0.15, 0.2) is 5.16 Å². The van der Waals surface area contributed by atoms with Gasteiger partial charge in [-0.2, -0.15) is 0 Å². The molecule has 0 spiro atoms. The van der Waals surface area contributed by atoms with E-state index < -0.39 is 0 Å². The van der Waals surface area contributed by atoms with Crippen molar-refractivity contribution >= 4 is 29.3 Å². The first-order chi connectivity index (χ1) is 12.6. The minimum absolute atomic E-state index is 0.185. The Morgan fingerprint density at radius 2 is 2.15 bits per heavy atom. The van der Waals surface area contributed by atoms with Gasteiger partial charge < -0.3 is 4.90 Å². The first-order valence-corrected chi connectivity index (χ1v) is 10.5. The van der Waals surface area contributed by atoms with Crippen molar-refractivity contribution < 1.29 is 4.79 Å². The van der Waals surface area contributed by atoms with Crippen LogP contribution < -0.4 is 0 Å². The Hall–Kier alpha value is -1.53. The van der Waals surface area contributed by atoms with Gasteiger partial charge in [-0.05, 0) is 44.9 Å². The maximum absolute atomic E-state index is 13.0. The number of benzene rings is 1. The number of rotatable bonds is 6. The minimum atomic E-state index is -0.209. The number of aromatic nitrogens is 3. The number of halogens is 1. The first-order valence-electron chi connectivity index (χ1n) is 9.23. The van der Waals surface area contributed by atoms with Crippen molar-refractivity contribution in [3.63, 3.8) is 0 Å². The molecule has 1 atom stereocenters. The lowest BCUT2D eigenvalue weighted by Crippen LogP contribution is -2.44. The molecule has 0 saturated heterocycles. The van der Waals surface area contributed by atoms with Gasteiger partial charge in [0.05, 0.1) is 10.9 Å². The van der Waals surface area contributed by atoms with Crippen LogP contribution in [0.15, 0.2) is 35.7 Å². The van der Waals surface area contributed by atoms with E-state index in [9.17, 15) is 4.79 Å². The van der Waals surface area contributed by atoms with Crippen LogP contribution in [0.2, 0.25) is 5.02 Å². The van der Waals surface area contributed by atoms with Crippen LogP contribution in [0.3, 0.4) is 0 Å². The van der Waals surface area contributed by atoms with Gasteiger partial charge in [-0.25, -0.2) is 0 Å². The zero-order valence-electron chi connectivity index (χ0n) is 15.3. The first kappa shape index (κ1) is 19.2. The highest BCUT2D eigenvalue weighted by Gasteiger charge is 2.28. The van der Waals surface area contributed by atoms with Gasteiger partial charge in [0.25, 0.3) is 0 Å². The summed E-state index contributed by atoms with van der Waals surface area (Å²) in [4.78, 5) is 15.1. The molecule has 5 nitrogen and oxygen atoms in total. The number of carbonyl (C=O) groups excluding carboxylic acids is 1. The maximum atomic E-state index is 13.0. The van der Waals surface area contributed by atoms with Crippen LogP contribution in [-0.2, 0) is 4.79 Å². The number of amides is 1. The normalized spacial score (nSPS) is 16.4. The molecule has 0 bridgehead atoms. The molecule has 3 rings (SSSR count). The van der Waals surface area contributed by atoms with Crippen molar-refractivity contribution in [2.75, 3.05) is 6.54 Å². The fourth-order valence-corrected chi connectivity index (χ4v) is 4.63. The molecule has 1 amide bonds. The van der Waals surface area contributed by atoms with Crippen molar-refractivity contribution in [1.29, 1.82) is 0 Å². The fourth-order valence-electron chi connectivity index (χ4n) is 3.54. The standard InChI is InChI=1S/C19H25ClN4OS/c1-3-23(16-9-5-4-6-10-16)18(25)14(2)26-19-22-21-13-24(19)17-11-7-8-15(20)12-17/h7-8,11-14,16H,3-6,9-10H2,1-2H3. The zero-order chi connectivity index (χ0) is 18.5. The number of carbonyl (C=O) groups is 1. The average Bonchev–Trinajstić information content (AvgIpc) is 3.11. The van der Waals surface area contributed by atoms with Crippen LogP contribution in [0.1, 0.15) is 46.0 Å². The summed E-state index contributed by atoms with van der Waals surface area (Å²) in [7, 11) is 0. The highest BCUT2D eigenvalue weighted by molar-refractivity contribution is 8.00. The van der Waals surface area contributed by atoms with E-state index in [0.29, 0.717) is 16.2 Å². The number of hydrogen-bond donors (Lipinski definition) is 0. The predicted octanol–water partition coefficient (Wildman–Crippen LogP) is 4.58. The monoisotopic (exact) mass is 392 g/mol. The van der Waals surface area contributed by atoms with Gasteiger partial charge in [-0.15, -0.1) is 10.2 Å². The summed E-state index contributed by atoms with van der Waals surface area (Å²) in [6.45, 7) is 4.78. The van der Waals surface area contributed by atoms with Crippen LogP contribution in [0.25, 0.3) is 5.69 Å². The Kier molecular flexibility index (Phi) is 6.59. The number of thioether (sulfide) groups is 1. The highest BCUT2D eigenvalue weighted by Crippen LogP contribution is 2.28. The summed E-state index contributed by atoms with van der Waals surface area (Å²) in [6, 6.07) is 7.92. The number of hydrogen-bond acceptors (Lipinski definition) is 4. The quantitative estimate of drug-likeness (QED) is 0.675. The lowest BCUT2D eigenvalue weighted by molar-refractivity contribution is -0.133. The molecule has 140 valence electrons. The van der Waals surface area contributed by atoms with E-state index in [2.05, 4.69) is 22.0 Å². The highest BCUT2D eigenvalue weighted by atomic mass is 35.5. The number of nitrogens with zero attached hydrogens (tertiary/aromatic N) is 4. The lowest BCUT2D eigenvalue weighted by Gasteiger charge is -2.35. The molecule has 1 aromatic carbocycles. The van der Waals surface area contributed by atoms with Crippen molar-refractivity contribution in [2.45, 2.75) is 62.4 Å². The molecule has 7 heteroatoms. The van der Waals surface area contributed by atoms with Gasteiger partial charge in [0.2, 0.25) is 5.91 Å². The van der Waals surface area contributed by atoms with Crippen molar-refractivity contribution in [2.24, 2.45) is 0 Å². The second kappa shape index (κ2) is 8.91. The predicted molar refractivity (Wildman–Crippen MR) is 106 cm³/mol. The van der Waals surface area contributed by atoms with Crippen molar-refractivity contribution in [3.8, 4) is 5.69 Å². The molecule has 2 aromatic rings. The molecule has 1 aliphatic carbocycles. The van der Waals surface area contributed by atoms with Crippen LogP contribution in [-0.4, -0.2) is 43.4 Å². The molecule has 0 radical (unpaired) electrons. The SMILES string of the molecule is CCN(C(=O)C(C)Sc1nncn1-c1cccc(Cl)c1)C1CCCCC1. The van der Waals surface area contributed by atoms with Gasteiger partial charge in [-0.3, -0.25) is 9.36 Å². The third-order valence-corrected chi connectivity index (χ3v) is 6.15.